The molecule has 1 aliphatic rings. The number of carboxylic acid groups (broad SMARTS) is 1. The Morgan fingerprint density at radius 3 is 1.78 bits per heavy atom. The first-order valence-corrected chi connectivity index (χ1v) is 19.3. The van der Waals surface area contributed by atoms with E-state index in [9.17, 15) is 53.4 Å². The van der Waals surface area contributed by atoms with E-state index < -0.39 is 109 Å². The lowest BCUT2D eigenvalue weighted by Gasteiger charge is -2.29. The van der Waals surface area contributed by atoms with Gasteiger partial charge in [-0.1, -0.05) is 39.8 Å². The molecule has 0 radical (unpaired) electrons. The van der Waals surface area contributed by atoms with Crippen molar-refractivity contribution in [2.45, 2.75) is 110 Å². The summed E-state index contributed by atoms with van der Waals surface area (Å²) in [5.41, 5.74) is 6.22. The van der Waals surface area contributed by atoms with Gasteiger partial charge >= 0.3 is 5.97 Å². The predicted octanol–water partition coefficient (Wildman–Crippen LogP) is -2.24. The van der Waals surface area contributed by atoms with Crippen molar-refractivity contribution in [1.82, 2.24) is 42.1 Å². The molecule has 0 spiro atoms. The topological polar surface area (TPSA) is 308 Å². The van der Waals surface area contributed by atoms with E-state index in [1.54, 1.807) is 12.1 Å². The maximum atomic E-state index is 13.4. The minimum absolute atomic E-state index is 0.00814. The molecule has 0 aliphatic carbocycles. The van der Waals surface area contributed by atoms with Crippen LogP contribution in [0.3, 0.4) is 0 Å². The maximum Gasteiger partial charge on any atom is 0.326 e. The Bertz CT molecular complexity index is 1640. The third kappa shape index (κ3) is 16.7. The molecule has 322 valence electrons. The second-order valence-corrected chi connectivity index (χ2v) is 15.2. The summed E-state index contributed by atoms with van der Waals surface area (Å²) in [6.45, 7) is 8.76. The number of benzene rings is 1. The lowest BCUT2D eigenvalue weighted by molar-refractivity contribution is -0.143. The molecule has 1 heterocycles. The van der Waals surface area contributed by atoms with Gasteiger partial charge in [-0.25, -0.2) is 4.79 Å². The number of carboxylic acids is 1. The molecule has 0 bridgehead atoms. The fourth-order valence-corrected chi connectivity index (χ4v) is 6.00. The summed E-state index contributed by atoms with van der Waals surface area (Å²) in [4.78, 5) is 115. The standard InChI is InChI=1S/C38H59N9O11/c1-20(2)14-26(35(54)46-28(38(57)58)15-21(3)4)45-36(55)29-8-7-13-47(29)37(56)23(6)43-32(51)19-41-30(49)17-40-31(50)18-42-34(53)27(44-33(52)22(5)39)16-24-9-11-25(48)12-10-24/h9-12,20-23,26-29,48H,7-8,13-19,39H2,1-6H3,(H,40,50)(H,41,49)(H,42,53)(H,43,51)(H,44,52)(H,45,55)(H,46,54)(H,57,58)/t22-,23-,26-,27-,28-,29-/m0/s1. The SMILES string of the molecule is CC(C)C[C@H](NC(=O)[C@H](CC(C)C)NC(=O)[C@@H]1CCCN1C(=O)[C@H](C)NC(=O)CNC(=O)CNC(=O)CNC(=O)[C@H](Cc1ccc(O)cc1)NC(=O)[C@H](C)N)C(=O)O. The molecule has 0 aromatic heterocycles. The molecule has 1 aliphatic heterocycles. The summed E-state index contributed by atoms with van der Waals surface area (Å²) in [5, 5.41) is 36.3. The number of phenolic OH excluding ortho intramolecular Hbond substituents is 1. The van der Waals surface area contributed by atoms with Crippen molar-refractivity contribution >= 4 is 53.2 Å². The van der Waals surface area contributed by atoms with Crippen LogP contribution in [-0.4, -0.2) is 131 Å². The molecule has 0 unspecified atom stereocenters. The fourth-order valence-electron chi connectivity index (χ4n) is 6.00. The molecule has 58 heavy (non-hydrogen) atoms. The minimum Gasteiger partial charge on any atom is -0.508 e. The quantitative estimate of drug-likeness (QED) is 0.0594. The highest BCUT2D eigenvalue weighted by atomic mass is 16.4. The average Bonchev–Trinajstić information content (AvgIpc) is 3.64. The number of hydrogen-bond acceptors (Lipinski definition) is 11. The van der Waals surface area contributed by atoms with Gasteiger partial charge in [0.1, 0.15) is 36.0 Å². The van der Waals surface area contributed by atoms with Crippen LogP contribution in [0.5, 0.6) is 5.75 Å². The number of nitrogens with two attached hydrogens (primary N) is 1. The zero-order valence-electron chi connectivity index (χ0n) is 33.9. The smallest absolute Gasteiger partial charge is 0.326 e. The summed E-state index contributed by atoms with van der Waals surface area (Å²) >= 11 is 0. The molecule has 1 saturated heterocycles. The van der Waals surface area contributed by atoms with Gasteiger partial charge < -0.3 is 58.1 Å². The van der Waals surface area contributed by atoms with Gasteiger partial charge in [0.15, 0.2) is 0 Å². The highest BCUT2D eigenvalue weighted by Gasteiger charge is 2.38. The van der Waals surface area contributed by atoms with E-state index in [2.05, 4.69) is 37.2 Å². The predicted molar refractivity (Wildman–Crippen MR) is 209 cm³/mol. The molecule has 20 heteroatoms. The number of nitrogens with zero attached hydrogens (tertiary/aromatic N) is 1. The Balaban J connectivity index is 1.86. The Kier molecular flexibility index (Phi) is 19.5. The van der Waals surface area contributed by atoms with Crippen LogP contribution in [0.2, 0.25) is 0 Å². The minimum atomic E-state index is -1.19. The van der Waals surface area contributed by atoms with Crippen LogP contribution in [0.1, 0.15) is 72.8 Å². The lowest BCUT2D eigenvalue weighted by atomic mass is 10.00. The Hall–Kier alpha value is -5.79. The van der Waals surface area contributed by atoms with Crippen molar-refractivity contribution in [2.24, 2.45) is 17.6 Å². The highest BCUT2D eigenvalue weighted by Crippen LogP contribution is 2.20. The summed E-state index contributed by atoms with van der Waals surface area (Å²) < 4.78 is 0. The maximum absolute atomic E-state index is 13.4. The monoisotopic (exact) mass is 817 g/mol. The fraction of sp³-hybridized carbons (Fsp3) is 0.605. The molecule has 1 aromatic carbocycles. The number of aromatic hydroxyl groups is 1. The molecular weight excluding hydrogens is 758 g/mol. The average molecular weight is 818 g/mol. The molecule has 20 nitrogen and oxygen atoms in total. The van der Waals surface area contributed by atoms with Gasteiger partial charge in [-0.2, -0.15) is 0 Å². The van der Waals surface area contributed by atoms with Gasteiger partial charge in [0, 0.05) is 13.0 Å². The molecular formula is C38H59N9O11. The second kappa shape index (κ2) is 23.4. The largest absolute Gasteiger partial charge is 0.508 e. The Labute approximate surface area is 337 Å². The van der Waals surface area contributed by atoms with Crippen LogP contribution in [-0.2, 0) is 49.6 Å². The number of carbonyl (C=O) groups excluding carboxylic acids is 8. The van der Waals surface area contributed by atoms with Crippen LogP contribution < -0.4 is 43.0 Å². The zero-order valence-corrected chi connectivity index (χ0v) is 33.9. The van der Waals surface area contributed by atoms with Crippen LogP contribution in [0.4, 0.5) is 0 Å². The lowest BCUT2D eigenvalue weighted by Crippen LogP contribution is -2.57. The van der Waals surface area contributed by atoms with Crippen molar-refractivity contribution in [1.29, 1.82) is 0 Å². The van der Waals surface area contributed by atoms with Gasteiger partial charge in [-0.05, 0) is 69.1 Å². The van der Waals surface area contributed by atoms with Crippen LogP contribution in [0, 0.1) is 11.8 Å². The number of rotatable bonds is 22. The van der Waals surface area contributed by atoms with Crippen molar-refractivity contribution in [3.63, 3.8) is 0 Å². The van der Waals surface area contributed by atoms with E-state index >= 15 is 0 Å². The van der Waals surface area contributed by atoms with Crippen LogP contribution in [0.15, 0.2) is 24.3 Å². The number of likely N-dealkylation sites (tertiary alicyclic amines) is 1. The van der Waals surface area contributed by atoms with Crippen LogP contribution >= 0.6 is 0 Å². The van der Waals surface area contributed by atoms with E-state index in [4.69, 9.17) is 5.73 Å². The number of phenols is 1. The molecule has 2 rings (SSSR count). The van der Waals surface area contributed by atoms with Crippen molar-refractivity contribution in [3.8, 4) is 5.75 Å². The van der Waals surface area contributed by atoms with E-state index in [1.165, 1.54) is 30.9 Å². The first-order valence-electron chi connectivity index (χ1n) is 19.3. The molecule has 6 atom stereocenters. The van der Waals surface area contributed by atoms with Gasteiger partial charge in [0.25, 0.3) is 0 Å². The molecule has 1 aromatic rings. The first kappa shape index (κ1) is 48.4. The third-order valence-corrected chi connectivity index (χ3v) is 8.99. The first-order chi connectivity index (χ1) is 27.2. The second-order valence-electron chi connectivity index (χ2n) is 15.2. The number of carbonyl (C=O) groups is 9. The van der Waals surface area contributed by atoms with E-state index in [0.717, 1.165) is 0 Å². The van der Waals surface area contributed by atoms with E-state index in [1.807, 2.05) is 27.7 Å². The van der Waals surface area contributed by atoms with Crippen molar-refractivity contribution in [2.75, 3.05) is 26.2 Å². The molecule has 1 fully saturated rings. The molecule has 0 saturated carbocycles. The summed E-state index contributed by atoms with van der Waals surface area (Å²) in [6, 6.07) is -0.272. The zero-order chi connectivity index (χ0) is 43.7. The van der Waals surface area contributed by atoms with Gasteiger partial charge in [-0.3, -0.25) is 38.4 Å². The number of aliphatic carboxylic acids is 1. The number of nitrogens with one attached hydrogen (secondary N) is 7. The number of hydrogen-bond donors (Lipinski definition) is 10. The van der Waals surface area contributed by atoms with Crippen molar-refractivity contribution < 1.29 is 53.4 Å². The number of amides is 8. The summed E-state index contributed by atoms with van der Waals surface area (Å²) in [7, 11) is 0. The van der Waals surface area contributed by atoms with Gasteiger partial charge in [-0.15, -0.1) is 0 Å². The van der Waals surface area contributed by atoms with Gasteiger partial charge in [0.05, 0.1) is 25.7 Å². The van der Waals surface area contributed by atoms with Crippen molar-refractivity contribution in [3.05, 3.63) is 29.8 Å². The third-order valence-electron chi connectivity index (χ3n) is 8.99. The summed E-state index contributed by atoms with van der Waals surface area (Å²) in [5.74, 6) is -6.54. The van der Waals surface area contributed by atoms with E-state index in [-0.39, 0.29) is 43.4 Å². The Morgan fingerprint density at radius 2 is 1.22 bits per heavy atom. The van der Waals surface area contributed by atoms with Crippen LogP contribution in [0.25, 0.3) is 0 Å². The Morgan fingerprint density at radius 1 is 0.690 bits per heavy atom. The summed E-state index contributed by atoms with van der Waals surface area (Å²) in [6.07, 6.45) is 1.24. The van der Waals surface area contributed by atoms with Gasteiger partial charge in [0.2, 0.25) is 47.3 Å². The molecule has 11 N–H and O–H groups in total. The molecule has 8 amide bonds. The van der Waals surface area contributed by atoms with E-state index in [0.29, 0.717) is 18.4 Å². The normalized spacial score (nSPS) is 16.2. The highest BCUT2D eigenvalue weighted by molar-refractivity contribution is 5.96.